The van der Waals surface area contributed by atoms with Gasteiger partial charge in [-0.2, -0.15) is 0 Å². The number of aryl methyl sites for hydroxylation is 1. The zero-order chi connectivity index (χ0) is 25.8. The lowest BCUT2D eigenvalue weighted by atomic mass is 9.96. The maximum Gasteiger partial charge on any atom is 0.296 e. The molecule has 1 amide bonds. The lowest BCUT2D eigenvalue weighted by molar-refractivity contribution is -0.117. The van der Waals surface area contributed by atoms with Crippen molar-refractivity contribution in [1.82, 2.24) is 9.97 Å². The summed E-state index contributed by atoms with van der Waals surface area (Å²) in [5.41, 5.74) is 2.29. The van der Waals surface area contributed by atoms with Gasteiger partial charge in [-0.15, -0.1) is 0 Å². The van der Waals surface area contributed by atoms with E-state index < -0.39 is 23.5 Å². The third-order valence-electron chi connectivity index (χ3n) is 6.27. The number of methoxy groups -OCH3 is 1. The number of ether oxygens (including phenoxy) is 1. The summed E-state index contributed by atoms with van der Waals surface area (Å²) in [6.45, 7) is 1.88. The van der Waals surface area contributed by atoms with E-state index in [1.165, 1.54) is 23.3 Å². The van der Waals surface area contributed by atoms with E-state index in [0.717, 1.165) is 10.3 Å². The number of carbonyl (C=O) groups excluding carboxylic acids is 2. The van der Waals surface area contributed by atoms with Crippen LogP contribution in [0.5, 0.6) is 5.75 Å². The average molecular weight is 532 g/mol. The van der Waals surface area contributed by atoms with Gasteiger partial charge in [0, 0.05) is 22.8 Å². The summed E-state index contributed by atoms with van der Waals surface area (Å²) in [5, 5.41) is 12.6. The van der Waals surface area contributed by atoms with Crippen molar-refractivity contribution in [2.75, 3.05) is 12.0 Å². The fourth-order valence-corrected chi connectivity index (χ4v) is 5.70. The fourth-order valence-electron chi connectivity index (χ4n) is 4.47. The summed E-state index contributed by atoms with van der Waals surface area (Å²) >= 11 is 7.55. The molecule has 6 rings (SSSR count). The van der Waals surface area contributed by atoms with E-state index >= 15 is 0 Å². The molecule has 1 atom stereocenters. The van der Waals surface area contributed by atoms with Crippen LogP contribution >= 0.6 is 22.9 Å². The van der Waals surface area contributed by atoms with Crippen LogP contribution in [-0.2, 0) is 4.79 Å². The number of aliphatic hydroxyl groups excluding tert-OH is 1. The predicted octanol–water partition coefficient (Wildman–Crippen LogP) is 6.19. The van der Waals surface area contributed by atoms with Crippen molar-refractivity contribution in [3.63, 3.8) is 0 Å². The van der Waals surface area contributed by atoms with Crippen LogP contribution in [0.3, 0.4) is 0 Å². The number of thiazole rings is 1. The van der Waals surface area contributed by atoms with E-state index in [-0.39, 0.29) is 11.3 Å². The number of amides is 1. The molecular formula is C27H18ClN3O5S. The number of anilines is 1. The predicted molar refractivity (Wildman–Crippen MR) is 141 cm³/mol. The number of pyridine rings is 1. The Labute approximate surface area is 219 Å². The highest BCUT2D eigenvalue weighted by Gasteiger charge is 2.46. The smallest absolute Gasteiger partial charge is 0.296 e. The Morgan fingerprint density at radius 3 is 2.81 bits per heavy atom. The molecule has 1 aliphatic heterocycles. The maximum absolute atomic E-state index is 13.8. The Bertz CT molecular complexity index is 1720. The van der Waals surface area contributed by atoms with Crippen molar-refractivity contribution in [2.45, 2.75) is 13.0 Å². The molecule has 0 aliphatic carbocycles. The molecule has 1 unspecified atom stereocenters. The van der Waals surface area contributed by atoms with Gasteiger partial charge in [-0.05, 0) is 48.4 Å². The van der Waals surface area contributed by atoms with Crippen molar-refractivity contribution in [3.05, 3.63) is 94.2 Å². The minimum Gasteiger partial charge on any atom is -0.503 e. The lowest BCUT2D eigenvalue weighted by Gasteiger charge is -2.23. The van der Waals surface area contributed by atoms with Crippen LogP contribution < -0.4 is 9.64 Å². The second-order valence-electron chi connectivity index (χ2n) is 8.51. The first-order chi connectivity index (χ1) is 17.9. The molecule has 10 heteroatoms. The van der Waals surface area contributed by atoms with Gasteiger partial charge in [0.25, 0.3) is 5.91 Å². The molecular weight excluding hydrogens is 514 g/mol. The molecule has 5 aromatic rings. The first-order valence-electron chi connectivity index (χ1n) is 11.2. The minimum atomic E-state index is -0.971. The van der Waals surface area contributed by atoms with Crippen LogP contribution in [-0.4, -0.2) is 33.9 Å². The summed E-state index contributed by atoms with van der Waals surface area (Å²) in [4.78, 5) is 37.4. The normalized spacial score (nSPS) is 15.8. The van der Waals surface area contributed by atoms with Crippen molar-refractivity contribution in [2.24, 2.45) is 0 Å². The number of benzene rings is 2. The molecule has 0 radical (unpaired) electrons. The van der Waals surface area contributed by atoms with E-state index in [1.807, 2.05) is 13.0 Å². The Morgan fingerprint density at radius 2 is 2.05 bits per heavy atom. The van der Waals surface area contributed by atoms with Crippen LogP contribution in [0, 0.1) is 6.92 Å². The number of furan rings is 1. The van der Waals surface area contributed by atoms with Crippen molar-refractivity contribution < 1.29 is 23.8 Å². The molecule has 8 nitrogen and oxygen atoms in total. The summed E-state index contributed by atoms with van der Waals surface area (Å²) in [6, 6.07) is 12.9. The summed E-state index contributed by atoms with van der Waals surface area (Å²) < 4.78 is 12.0. The van der Waals surface area contributed by atoms with Crippen LogP contribution in [0.25, 0.3) is 21.2 Å². The van der Waals surface area contributed by atoms with Gasteiger partial charge in [0.1, 0.15) is 0 Å². The van der Waals surface area contributed by atoms with E-state index in [4.69, 9.17) is 20.8 Å². The lowest BCUT2D eigenvalue weighted by Crippen LogP contribution is -2.31. The topological polar surface area (TPSA) is 106 Å². The number of nitrogens with zero attached hydrogens (tertiary/aromatic N) is 3. The number of hydrogen-bond acceptors (Lipinski definition) is 8. The highest BCUT2D eigenvalue weighted by atomic mass is 35.5. The first-order valence-corrected chi connectivity index (χ1v) is 12.4. The molecule has 4 heterocycles. The van der Waals surface area contributed by atoms with Gasteiger partial charge in [0.2, 0.25) is 5.78 Å². The van der Waals surface area contributed by atoms with Crippen molar-refractivity contribution >= 4 is 60.9 Å². The van der Waals surface area contributed by atoms with Gasteiger partial charge in [-0.3, -0.25) is 19.5 Å². The number of fused-ring (bicyclic) bond motifs is 2. The molecule has 1 aliphatic rings. The van der Waals surface area contributed by atoms with Gasteiger partial charge in [-0.25, -0.2) is 4.98 Å². The van der Waals surface area contributed by atoms with E-state index in [2.05, 4.69) is 9.97 Å². The van der Waals surface area contributed by atoms with Gasteiger partial charge in [0.05, 0.1) is 28.9 Å². The molecule has 0 fully saturated rings. The number of aliphatic hydroxyl groups is 1. The molecule has 37 heavy (non-hydrogen) atoms. The summed E-state index contributed by atoms with van der Waals surface area (Å²) in [6.07, 6.45) is 3.14. The third-order valence-corrected chi connectivity index (χ3v) is 7.69. The second-order valence-corrected chi connectivity index (χ2v) is 9.93. The number of hydrogen-bond donors (Lipinski definition) is 1. The summed E-state index contributed by atoms with van der Waals surface area (Å²) in [7, 11) is 1.51. The second kappa shape index (κ2) is 8.72. The van der Waals surface area contributed by atoms with Crippen LogP contribution in [0.2, 0.25) is 5.02 Å². The molecule has 2 aromatic carbocycles. The number of carbonyl (C=O) groups is 2. The number of Topliss-reactive ketones (excluding diaryl/α,β-unsaturated/α-hetero) is 1. The fraction of sp³-hybridized carbons (Fsp3) is 0.111. The average Bonchev–Trinajstić information content (AvgIpc) is 3.58. The van der Waals surface area contributed by atoms with E-state index in [1.54, 1.807) is 54.9 Å². The number of rotatable bonds is 5. The number of aromatic nitrogens is 2. The van der Waals surface area contributed by atoms with Gasteiger partial charge < -0.3 is 14.3 Å². The standard InChI is InChI=1S/C27H18ClN3O5S/c1-13-9-20-17(11-16(13)28)30-27(37-20)31-22(15-6-4-8-29-12-15)21(24(33)26(31)34)23(32)19-10-14-5-3-7-18(35-2)25(14)36-19/h3-12,22,33H,1-2H3. The van der Waals surface area contributed by atoms with Gasteiger partial charge >= 0.3 is 0 Å². The molecule has 3 aromatic heterocycles. The monoisotopic (exact) mass is 531 g/mol. The molecule has 0 bridgehead atoms. The summed E-state index contributed by atoms with van der Waals surface area (Å²) in [5.74, 6) is -1.60. The van der Waals surface area contributed by atoms with Crippen molar-refractivity contribution in [1.29, 1.82) is 0 Å². The first kappa shape index (κ1) is 23.2. The molecule has 0 saturated carbocycles. The van der Waals surface area contributed by atoms with Gasteiger partial charge in [0.15, 0.2) is 28.0 Å². The zero-order valence-corrected chi connectivity index (χ0v) is 21.1. The molecule has 0 saturated heterocycles. The highest BCUT2D eigenvalue weighted by molar-refractivity contribution is 7.22. The quantitative estimate of drug-likeness (QED) is 0.269. The zero-order valence-electron chi connectivity index (χ0n) is 19.6. The van der Waals surface area contributed by atoms with E-state index in [0.29, 0.717) is 38.0 Å². The van der Waals surface area contributed by atoms with Gasteiger partial charge in [-0.1, -0.05) is 41.1 Å². The Kier molecular flexibility index (Phi) is 5.47. The number of para-hydroxylation sites is 1. The minimum absolute atomic E-state index is 0.0312. The maximum atomic E-state index is 13.8. The van der Waals surface area contributed by atoms with Crippen molar-refractivity contribution in [3.8, 4) is 5.75 Å². The number of halogens is 1. The Hall–Kier alpha value is -4.21. The third kappa shape index (κ3) is 3.66. The molecule has 184 valence electrons. The van der Waals surface area contributed by atoms with Crippen LogP contribution in [0.4, 0.5) is 5.13 Å². The van der Waals surface area contributed by atoms with Crippen LogP contribution in [0.1, 0.15) is 27.7 Å². The SMILES string of the molecule is COc1cccc2cc(C(=O)C3=C(O)C(=O)N(c4nc5cc(Cl)c(C)cc5s4)C3c3cccnc3)oc12. The Morgan fingerprint density at radius 1 is 1.22 bits per heavy atom. The van der Waals surface area contributed by atoms with E-state index in [9.17, 15) is 14.7 Å². The van der Waals surface area contributed by atoms with Crippen LogP contribution in [0.15, 0.2) is 76.7 Å². The number of ketones is 1. The highest BCUT2D eigenvalue weighted by Crippen LogP contribution is 2.45. The molecule has 0 spiro atoms. The Balaban J connectivity index is 1.50. The molecule has 1 N–H and O–H groups in total. The largest absolute Gasteiger partial charge is 0.503 e.